The van der Waals surface area contributed by atoms with Crippen LogP contribution in [0.3, 0.4) is 0 Å². The highest BCUT2D eigenvalue weighted by molar-refractivity contribution is 9.10. The summed E-state index contributed by atoms with van der Waals surface area (Å²) in [5.74, 6) is 1.91. The topological polar surface area (TPSA) is 25.2 Å². The van der Waals surface area contributed by atoms with Gasteiger partial charge in [-0.15, -0.1) is 0 Å². The minimum absolute atomic E-state index is 0.447. The Balaban J connectivity index is 1.53. The second-order valence-corrected chi connectivity index (χ2v) is 7.45. The van der Waals surface area contributed by atoms with E-state index in [1.807, 2.05) is 0 Å². The molecule has 2 aromatic carbocycles. The van der Waals surface area contributed by atoms with Crippen LogP contribution < -0.4 is 5.32 Å². The molecule has 0 saturated heterocycles. The first-order chi connectivity index (χ1) is 12.1. The second kappa shape index (κ2) is 8.50. The molecule has 1 N–H and O–H groups in total. The fourth-order valence-corrected chi connectivity index (χ4v) is 3.40. The van der Waals surface area contributed by atoms with E-state index in [4.69, 9.17) is 4.42 Å². The van der Waals surface area contributed by atoms with Gasteiger partial charge in [-0.3, -0.25) is 0 Å². The summed E-state index contributed by atoms with van der Waals surface area (Å²) in [6.07, 6.45) is 2.21. The molecular weight excluding hydrogens is 374 g/mol. The molecule has 0 bridgehead atoms. The average molecular weight is 398 g/mol. The first-order valence-electron chi connectivity index (χ1n) is 8.74. The van der Waals surface area contributed by atoms with E-state index in [-0.39, 0.29) is 0 Å². The van der Waals surface area contributed by atoms with E-state index < -0.39 is 0 Å². The van der Waals surface area contributed by atoms with Gasteiger partial charge in [-0.05, 0) is 68.1 Å². The molecule has 0 amide bonds. The summed E-state index contributed by atoms with van der Waals surface area (Å²) in [4.78, 5) is 0. The van der Waals surface area contributed by atoms with E-state index >= 15 is 0 Å². The van der Waals surface area contributed by atoms with Crippen molar-refractivity contribution in [1.29, 1.82) is 0 Å². The molecule has 25 heavy (non-hydrogen) atoms. The van der Waals surface area contributed by atoms with Crippen molar-refractivity contribution in [3.63, 3.8) is 0 Å². The first kappa shape index (κ1) is 18.0. The van der Waals surface area contributed by atoms with Crippen molar-refractivity contribution in [2.24, 2.45) is 0 Å². The van der Waals surface area contributed by atoms with Gasteiger partial charge >= 0.3 is 0 Å². The molecule has 0 spiro atoms. The van der Waals surface area contributed by atoms with Crippen LogP contribution in [-0.2, 0) is 13.0 Å². The van der Waals surface area contributed by atoms with Crippen molar-refractivity contribution in [2.75, 3.05) is 0 Å². The molecule has 1 aromatic heterocycles. The third-order valence-corrected chi connectivity index (χ3v) is 4.94. The Kier molecular flexibility index (Phi) is 6.11. The average Bonchev–Trinajstić information content (AvgIpc) is 3.08. The number of benzene rings is 2. The summed E-state index contributed by atoms with van der Waals surface area (Å²) in [7, 11) is 0. The Morgan fingerprint density at radius 1 is 1.04 bits per heavy atom. The molecule has 0 aliphatic rings. The van der Waals surface area contributed by atoms with Crippen LogP contribution in [0.1, 0.15) is 30.2 Å². The second-order valence-electron chi connectivity index (χ2n) is 6.53. The SMILES string of the molecule is Cc1cc(Br)ccc1-c1ccc(CN[C@H](C)CCc2ccccc2)o1. The summed E-state index contributed by atoms with van der Waals surface area (Å²) in [6, 6.07) is 21.5. The molecular formula is C22H24BrNO. The summed E-state index contributed by atoms with van der Waals surface area (Å²) in [5, 5.41) is 3.56. The lowest BCUT2D eigenvalue weighted by Gasteiger charge is -2.12. The summed E-state index contributed by atoms with van der Waals surface area (Å²) in [6.45, 7) is 5.09. The van der Waals surface area contributed by atoms with Gasteiger partial charge in [0.15, 0.2) is 0 Å². The van der Waals surface area contributed by atoms with Gasteiger partial charge in [0.25, 0.3) is 0 Å². The smallest absolute Gasteiger partial charge is 0.134 e. The molecule has 0 unspecified atom stereocenters. The molecule has 0 aliphatic heterocycles. The Bertz CT molecular complexity index is 810. The molecule has 0 fully saturated rings. The molecule has 130 valence electrons. The largest absolute Gasteiger partial charge is 0.460 e. The van der Waals surface area contributed by atoms with Gasteiger partial charge in [0.2, 0.25) is 0 Å². The normalized spacial score (nSPS) is 12.3. The maximum atomic E-state index is 6.03. The maximum Gasteiger partial charge on any atom is 0.134 e. The van der Waals surface area contributed by atoms with Crippen LogP contribution in [0.5, 0.6) is 0 Å². The molecule has 3 aromatic rings. The van der Waals surface area contributed by atoms with Gasteiger partial charge < -0.3 is 9.73 Å². The number of aryl methyl sites for hydroxylation is 2. The zero-order valence-electron chi connectivity index (χ0n) is 14.8. The Morgan fingerprint density at radius 3 is 2.60 bits per heavy atom. The van der Waals surface area contributed by atoms with Crippen LogP contribution in [0.25, 0.3) is 11.3 Å². The molecule has 2 nitrogen and oxygen atoms in total. The molecule has 0 radical (unpaired) electrons. The van der Waals surface area contributed by atoms with Crippen molar-refractivity contribution >= 4 is 15.9 Å². The van der Waals surface area contributed by atoms with Gasteiger partial charge in [-0.1, -0.05) is 46.3 Å². The van der Waals surface area contributed by atoms with Crippen molar-refractivity contribution in [3.05, 3.63) is 82.0 Å². The van der Waals surface area contributed by atoms with E-state index in [0.29, 0.717) is 6.04 Å². The van der Waals surface area contributed by atoms with E-state index in [0.717, 1.165) is 40.9 Å². The summed E-state index contributed by atoms with van der Waals surface area (Å²) >= 11 is 3.51. The standard InChI is InChI=1S/C22H24BrNO/c1-16-14-19(23)10-12-21(16)22-13-11-20(25-22)15-24-17(2)8-9-18-6-4-3-5-7-18/h3-7,10-14,17,24H,8-9,15H2,1-2H3/t17-/m1/s1. The third kappa shape index (κ3) is 5.07. The zero-order chi connectivity index (χ0) is 17.6. The highest BCUT2D eigenvalue weighted by Crippen LogP contribution is 2.27. The van der Waals surface area contributed by atoms with Gasteiger partial charge in [0, 0.05) is 16.1 Å². The van der Waals surface area contributed by atoms with Crippen molar-refractivity contribution < 1.29 is 4.42 Å². The molecule has 1 atom stereocenters. The molecule has 3 heteroatoms. The summed E-state index contributed by atoms with van der Waals surface area (Å²) < 4.78 is 7.12. The number of furan rings is 1. The maximum absolute atomic E-state index is 6.03. The van der Waals surface area contributed by atoms with Crippen molar-refractivity contribution in [1.82, 2.24) is 5.32 Å². The first-order valence-corrected chi connectivity index (χ1v) is 9.53. The third-order valence-electron chi connectivity index (χ3n) is 4.45. The predicted octanol–water partition coefficient (Wildman–Crippen LogP) is 6.13. The van der Waals surface area contributed by atoms with Gasteiger partial charge in [0.05, 0.1) is 6.54 Å². The molecule has 0 aliphatic carbocycles. The lowest BCUT2D eigenvalue weighted by Crippen LogP contribution is -2.25. The van der Waals surface area contributed by atoms with Crippen LogP contribution in [0.2, 0.25) is 0 Å². The minimum atomic E-state index is 0.447. The monoisotopic (exact) mass is 397 g/mol. The fraction of sp³-hybridized carbons (Fsp3) is 0.273. The van der Waals surface area contributed by atoms with E-state index in [1.165, 1.54) is 11.1 Å². The molecule has 3 rings (SSSR count). The van der Waals surface area contributed by atoms with Crippen molar-refractivity contribution in [2.45, 2.75) is 39.3 Å². The number of halogens is 1. The number of rotatable bonds is 7. The number of hydrogen-bond acceptors (Lipinski definition) is 2. The van der Waals surface area contributed by atoms with Gasteiger partial charge in [-0.25, -0.2) is 0 Å². The lowest BCUT2D eigenvalue weighted by molar-refractivity contribution is 0.449. The van der Waals surface area contributed by atoms with Gasteiger partial charge in [0.1, 0.15) is 11.5 Å². The van der Waals surface area contributed by atoms with Crippen LogP contribution in [0, 0.1) is 6.92 Å². The number of nitrogens with one attached hydrogen (secondary N) is 1. The zero-order valence-corrected chi connectivity index (χ0v) is 16.3. The highest BCUT2D eigenvalue weighted by Gasteiger charge is 2.09. The van der Waals surface area contributed by atoms with Crippen LogP contribution in [-0.4, -0.2) is 6.04 Å². The van der Waals surface area contributed by atoms with E-state index in [2.05, 4.69) is 95.8 Å². The highest BCUT2D eigenvalue weighted by atomic mass is 79.9. The Hall–Kier alpha value is -1.84. The van der Waals surface area contributed by atoms with Gasteiger partial charge in [-0.2, -0.15) is 0 Å². The van der Waals surface area contributed by atoms with Crippen LogP contribution in [0.4, 0.5) is 0 Å². The molecule has 0 saturated carbocycles. The summed E-state index contributed by atoms with van der Waals surface area (Å²) in [5.41, 5.74) is 3.74. The fourth-order valence-electron chi connectivity index (χ4n) is 2.93. The lowest BCUT2D eigenvalue weighted by atomic mass is 10.1. The van der Waals surface area contributed by atoms with Crippen LogP contribution >= 0.6 is 15.9 Å². The van der Waals surface area contributed by atoms with E-state index in [1.54, 1.807) is 0 Å². The Morgan fingerprint density at radius 2 is 1.84 bits per heavy atom. The Labute approximate surface area is 158 Å². The predicted molar refractivity (Wildman–Crippen MR) is 108 cm³/mol. The quantitative estimate of drug-likeness (QED) is 0.518. The van der Waals surface area contributed by atoms with E-state index in [9.17, 15) is 0 Å². The van der Waals surface area contributed by atoms with Crippen molar-refractivity contribution in [3.8, 4) is 11.3 Å². The molecule has 1 heterocycles. The minimum Gasteiger partial charge on any atom is -0.460 e. The number of hydrogen-bond donors (Lipinski definition) is 1. The van der Waals surface area contributed by atoms with Crippen LogP contribution in [0.15, 0.2) is 69.6 Å².